The van der Waals surface area contributed by atoms with Gasteiger partial charge in [0.2, 0.25) is 0 Å². The first-order valence-corrected chi connectivity index (χ1v) is 6.73. The number of Topliss-reactive ketones (excluding diaryl/α,β-unsaturated/α-hetero) is 1. The predicted molar refractivity (Wildman–Crippen MR) is 64.9 cm³/mol. The van der Waals surface area contributed by atoms with Crippen LogP contribution in [0, 0.1) is 5.92 Å². The molecule has 1 aliphatic rings. The molecule has 1 aromatic rings. The van der Waals surface area contributed by atoms with Crippen LogP contribution in [0.2, 0.25) is 4.34 Å². The second-order valence-corrected chi connectivity index (χ2v) is 5.93. The third kappa shape index (κ3) is 3.05. The second-order valence-electron chi connectivity index (χ2n) is 4.22. The molecule has 0 amide bonds. The lowest BCUT2D eigenvalue weighted by molar-refractivity contribution is 0.0978. The van der Waals surface area contributed by atoms with Gasteiger partial charge in [0.05, 0.1) is 9.21 Å². The van der Waals surface area contributed by atoms with Crippen molar-refractivity contribution in [2.75, 3.05) is 0 Å². The van der Waals surface area contributed by atoms with Gasteiger partial charge >= 0.3 is 0 Å². The molecule has 0 aromatic carbocycles. The molecule has 0 spiro atoms. The van der Waals surface area contributed by atoms with Gasteiger partial charge in [-0.15, -0.1) is 11.3 Å². The molecule has 1 heterocycles. The van der Waals surface area contributed by atoms with Crippen LogP contribution in [-0.4, -0.2) is 5.78 Å². The highest BCUT2D eigenvalue weighted by Gasteiger charge is 2.17. The van der Waals surface area contributed by atoms with Crippen molar-refractivity contribution < 1.29 is 4.79 Å². The van der Waals surface area contributed by atoms with Crippen LogP contribution in [0.5, 0.6) is 0 Å². The number of thiophene rings is 1. The van der Waals surface area contributed by atoms with E-state index in [0.717, 1.165) is 17.2 Å². The summed E-state index contributed by atoms with van der Waals surface area (Å²) in [5.41, 5.74) is 0. The number of hydrogen-bond acceptors (Lipinski definition) is 2. The van der Waals surface area contributed by atoms with Gasteiger partial charge in [-0.1, -0.05) is 37.3 Å². The summed E-state index contributed by atoms with van der Waals surface area (Å²) in [5, 5.41) is 0. The van der Waals surface area contributed by atoms with Crippen molar-refractivity contribution in [3.05, 3.63) is 21.3 Å². The van der Waals surface area contributed by atoms with Gasteiger partial charge in [0.15, 0.2) is 5.78 Å². The van der Waals surface area contributed by atoms with Gasteiger partial charge in [0, 0.05) is 6.42 Å². The Labute approximate surface area is 99.5 Å². The molecule has 0 N–H and O–H groups in total. The molecule has 0 saturated heterocycles. The van der Waals surface area contributed by atoms with Crippen molar-refractivity contribution >= 4 is 28.7 Å². The van der Waals surface area contributed by atoms with E-state index in [9.17, 15) is 4.79 Å². The summed E-state index contributed by atoms with van der Waals surface area (Å²) in [6.45, 7) is 0. The molecular weight excluding hydrogens is 228 g/mol. The minimum absolute atomic E-state index is 0.263. The van der Waals surface area contributed by atoms with Gasteiger partial charge in [-0.05, 0) is 24.5 Å². The first-order valence-electron chi connectivity index (χ1n) is 5.54. The van der Waals surface area contributed by atoms with E-state index in [1.54, 1.807) is 6.07 Å². The van der Waals surface area contributed by atoms with Crippen molar-refractivity contribution in [3.63, 3.8) is 0 Å². The maximum atomic E-state index is 11.8. The van der Waals surface area contributed by atoms with Crippen molar-refractivity contribution in [2.45, 2.75) is 38.5 Å². The molecule has 15 heavy (non-hydrogen) atoms. The summed E-state index contributed by atoms with van der Waals surface area (Å²) in [4.78, 5) is 12.6. The van der Waals surface area contributed by atoms with Gasteiger partial charge in [0.25, 0.3) is 0 Å². The van der Waals surface area contributed by atoms with Crippen LogP contribution in [0.15, 0.2) is 12.1 Å². The van der Waals surface area contributed by atoms with E-state index < -0.39 is 0 Å². The van der Waals surface area contributed by atoms with Gasteiger partial charge in [-0.25, -0.2) is 0 Å². The topological polar surface area (TPSA) is 17.1 Å². The van der Waals surface area contributed by atoms with Gasteiger partial charge in [0.1, 0.15) is 0 Å². The van der Waals surface area contributed by atoms with Crippen LogP contribution in [0.3, 0.4) is 0 Å². The van der Waals surface area contributed by atoms with Crippen molar-refractivity contribution in [1.82, 2.24) is 0 Å². The molecule has 82 valence electrons. The minimum atomic E-state index is 0.263. The Morgan fingerprint density at radius 1 is 1.40 bits per heavy atom. The van der Waals surface area contributed by atoms with Gasteiger partial charge in [-0.2, -0.15) is 0 Å². The fourth-order valence-corrected chi connectivity index (χ4v) is 3.23. The van der Waals surface area contributed by atoms with Crippen LogP contribution < -0.4 is 0 Å². The largest absolute Gasteiger partial charge is 0.293 e. The summed E-state index contributed by atoms with van der Waals surface area (Å²) in [6, 6.07) is 3.64. The van der Waals surface area contributed by atoms with E-state index in [4.69, 9.17) is 11.6 Å². The number of ketones is 1. The highest BCUT2D eigenvalue weighted by atomic mass is 35.5. The Hall–Kier alpha value is -0.340. The second kappa shape index (κ2) is 5.13. The van der Waals surface area contributed by atoms with E-state index in [1.807, 2.05) is 6.07 Å². The van der Waals surface area contributed by atoms with Gasteiger partial charge < -0.3 is 0 Å². The lowest BCUT2D eigenvalue weighted by atomic mass is 10.00. The molecule has 1 aliphatic carbocycles. The molecule has 1 nitrogen and oxygen atoms in total. The van der Waals surface area contributed by atoms with E-state index in [-0.39, 0.29) is 5.78 Å². The van der Waals surface area contributed by atoms with Crippen molar-refractivity contribution in [1.29, 1.82) is 0 Å². The molecule has 1 fully saturated rings. The predicted octanol–water partition coefficient (Wildman–Crippen LogP) is 4.55. The average Bonchev–Trinajstić information content (AvgIpc) is 2.84. The summed E-state index contributed by atoms with van der Waals surface area (Å²) in [6.07, 6.45) is 7.10. The standard InChI is InChI=1S/C12H15ClOS/c13-12-8-7-11(15-12)10(14)6-5-9-3-1-2-4-9/h7-9H,1-6H2. The zero-order valence-corrected chi connectivity index (χ0v) is 10.2. The molecule has 0 aliphatic heterocycles. The Balaban J connectivity index is 1.81. The number of hydrogen-bond donors (Lipinski definition) is 0. The van der Waals surface area contributed by atoms with E-state index in [1.165, 1.54) is 37.0 Å². The monoisotopic (exact) mass is 242 g/mol. The molecule has 3 heteroatoms. The van der Waals surface area contributed by atoms with Gasteiger partial charge in [-0.3, -0.25) is 4.79 Å². The molecule has 0 bridgehead atoms. The molecule has 1 saturated carbocycles. The quantitative estimate of drug-likeness (QED) is 0.708. The summed E-state index contributed by atoms with van der Waals surface area (Å²) < 4.78 is 0.708. The van der Waals surface area contributed by atoms with E-state index in [2.05, 4.69) is 0 Å². The minimum Gasteiger partial charge on any atom is -0.293 e. The Morgan fingerprint density at radius 2 is 2.13 bits per heavy atom. The Bertz CT molecular complexity index is 339. The normalized spacial score (nSPS) is 17.1. The molecule has 0 atom stereocenters. The lowest BCUT2D eigenvalue weighted by Crippen LogP contribution is -2.00. The summed E-state index contributed by atoms with van der Waals surface area (Å²) >= 11 is 7.19. The summed E-state index contributed by atoms with van der Waals surface area (Å²) in [5.74, 6) is 1.06. The number of carbonyl (C=O) groups is 1. The first kappa shape index (κ1) is 11.2. The number of rotatable bonds is 4. The highest BCUT2D eigenvalue weighted by molar-refractivity contribution is 7.18. The van der Waals surface area contributed by atoms with Crippen molar-refractivity contribution in [3.8, 4) is 0 Å². The maximum absolute atomic E-state index is 11.8. The third-order valence-electron chi connectivity index (χ3n) is 3.10. The maximum Gasteiger partial charge on any atom is 0.172 e. The SMILES string of the molecule is O=C(CCC1CCCC1)c1ccc(Cl)s1. The number of carbonyl (C=O) groups excluding carboxylic acids is 1. The van der Waals surface area contributed by atoms with Crippen LogP contribution in [0.25, 0.3) is 0 Å². The smallest absolute Gasteiger partial charge is 0.172 e. The third-order valence-corrected chi connectivity index (χ3v) is 4.37. The van der Waals surface area contributed by atoms with E-state index >= 15 is 0 Å². The fraction of sp³-hybridized carbons (Fsp3) is 0.583. The van der Waals surface area contributed by atoms with Crippen LogP contribution in [-0.2, 0) is 0 Å². The molecule has 0 unspecified atom stereocenters. The van der Waals surface area contributed by atoms with E-state index in [0.29, 0.717) is 10.8 Å². The molecule has 0 radical (unpaired) electrons. The number of halogens is 1. The lowest BCUT2D eigenvalue weighted by Gasteiger charge is -2.06. The van der Waals surface area contributed by atoms with Crippen molar-refractivity contribution in [2.24, 2.45) is 5.92 Å². The Morgan fingerprint density at radius 3 is 2.73 bits per heavy atom. The zero-order chi connectivity index (χ0) is 10.7. The van der Waals surface area contributed by atoms with Crippen LogP contribution in [0.1, 0.15) is 48.2 Å². The molecule has 2 rings (SSSR count). The zero-order valence-electron chi connectivity index (χ0n) is 8.67. The summed E-state index contributed by atoms with van der Waals surface area (Å²) in [7, 11) is 0. The van der Waals surface area contributed by atoms with Crippen LogP contribution in [0.4, 0.5) is 0 Å². The fourth-order valence-electron chi connectivity index (χ4n) is 2.22. The average molecular weight is 243 g/mol. The first-order chi connectivity index (χ1) is 7.25. The molecule has 1 aromatic heterocycles. The Kier molecular flexibility index (Phi) is 3.81. The molecular formula is C12H15ClOS. The van der Waals surface area contributed by atoms with Crippen LogP contribution >= 0.6 is 22.9 Å². The highest BCUT2D eigenvalue weighted by Crippen LogP contribution is 2.30.